The summed E-state index contributed by atoms with van der Waals surface area (Å²) in [6, 6.07) is 10.3. The molecule has 0 fully saturated rings. The largest absolute Gasteiger partial charge is 0.462 e. The van der Waals surface area contributed by atoms with Crippen molar-refractivity contribution in [2.24, 2.45) is 0 Å². The maximum Gasteiger partial charge on any atom is 0.325 e. The van der Waals surface area contributed by atoms with Crippen molar-refractivity contribution in [2.75, 3.05) is 6.54 Å². The fourth-order valence-electron chi connectivity index (χ4n) is 2.35. The first-order valence-corrected chi connectivity index (χ1v) is 8.12. The molecule has 0 aliphatic carbocycles. The third-order valence-electron chi connectivity index (χ3n) is 3.81. The second kappa shape index (κ2) is 7.92. The summed E-state index contributed by atoms with van der Waals surface area (Å²) < 4.78 is 19.2. The molecule has 0 aliphatic heterocycles. The van der Waals surface area contributed by atoms with Crippen LogP contribution in [0.4, 0.5) is 4.39 Å². The molecular weight excluding hydrogens is 321 g/mol. The van der Waals surface area contributed by atoms with Gasteiger partial charge in [-0.3, -0.25) is 9.59 Å². The molecule has 2 aromatic rings. The molecule has 0 aromatic heterocycles. The molecular formula is C20H22FNO3. The Hall–Kier alpha value is -2.69. The van der Waals surface area contributed by atoms with Gasteiger partial charge in [-0.25, -0.2) is 4.39 Å². The molecule has 2 aromatic carbocycles. The normalized spacial score (nSPS) is 10.6. The van der Waals surface area contributed by atoms with Crippen LogP contribution in [0.1, 0.15) is 35.3 Å². The van der Waals surface area contributed by atoms with Crippen molar-refractivity contribution in [3.8, 4) is 11.1 Å². The number of ether oxygens (including phenoxy) is 1. The lowest BCUT2D eigenvalue weighted by Gasteiger charge is -2.10. The third kappa shape index (κ3) is 4.89. The van der Waals surface area contributed by atoms with Crippen molar-refractivity contribution in [3.63, 3.8) is 0 Å². The number of esters is 1. The lowest BCUT2D eigenvalue weighted by molar-refractivity contribution is -0.146. The molecule has 4 nitrogen and oxygen atoms in total. The van der Waals surface area contributed by atoms with Crippen LogP contribution in [0.25, 0.3) is 11.1 Å². The van der Waals surface area contributed by atoms with Crippen LogP contribution in [0.5, 0.6) is 0 Å². The van der Waals surface area contributed by atoms with E-state index in [4.69, 9.17) is 4.74 Å². The Labute approximate surface area is 147 Å². The molecule has 5 heteroatoms. The number of hydrogen-bond donors (Lipinski definition) is 1. The van der Waals surface area contributed by atoms with Gasteiger partial charge in [0, 0.05) is 0 Å². The minimum absolute atomic E-state index is 0.107. The first-order valence-electron chi connectivity index (χ1n) is 8.12. The molecule has 132 valence electrons. The minimum Gasteiger partial charge on any atom is -0.462 e. The van der Waals surface area contributed by atoms with Crippen LogP contribution in [0, 0.1) is 19.7 Å². The van der Waals surface area contributed by atoms with Gasteiger partial charge in [-0.15, -0.1) is 0 Å². The smallest absolute Gasteiger partial charge is 0.325 e. The predicted octanol–water partition coefficient (Wildman–Crippen LogP) is 3.79. The Balaban J connectivity index is 2.12. The second-order valence-corrected chi connectivity index (χ2v) is 6.21. The number of carbonyl (C=O) groups excluding carboxylic acids is 2. The minimum atomic E-state index is -0.648. The van der Waals surface area contributed by atoms with E-state index in [1.54, 1.807) is 19.9 Å². The van der Waals surface area contributed by atoms with E-state index in [2.05, 4.69) is 5.32 Å². The van der Waals surface area contributed by atoms with Gasteiger partial charge in [0.25, 0.3) is 5.91 Å². The van der Waals surface area contributed by atoms with Crippen LogP contribution in [0.3, 0.4) is 0 Å². The maximum atomic E-state index is 14.3. The van der Waals surface area contributed by atoms with Crippen molar-refractivity contribution in [2.45, 2.75) is 33.8 Å². The lowest BCUT2D eigenvalue weighted by atomic mass is 9.99. The zero-order valence-electron chi connectivity index (χ0n) is 14.9. The summed E-state index contributed by atoms with van der Waals surface area (Å²) >= 11 is 0. The van der Waals surface area contributed by atoms with Crippen molar-refractivity contribution in [1.29, 1.82) is 0 Å². The molecule has 2 rings (SSSR count). The van der Waals surface area contributed by atoms with Crippen molar-refractivity contribution in [3.05, 3.63) is 58.9 Å². The Morgan fingerprint density at radius 3 is 2.28 bits per heavy atom. The van der Waals surface area contributed by atoms with Gasteiger partial charge in [-0.1, -0.05) is 24.3 Å². The van der Waals surface area contributed by atoms with Crippen LogP contribution in [0.2, 0.25) is 0 Å². The zero-order chi connectivity index (χ0) is 18.6. The topological polar surface area (TPSA) is 55.4 Å². The Kier molecular flexibility index (Phi) is 5.91. The molecule has 0 saturated heterocycles. The van der Waals surface area contributed by atoms with Crippen molar-refractivity contribution < 1.29 is 18.7 Å². The number of nitrogens with one attached hydrogen (secondary N) is 1. The molecule has 0 unspecified atom stereocenters. The van der Waals surface area contributed by atoms with Gasteiger partial charge in [0.05, 0.1) is 11.7 Å². The molecule has 0 spiro atoms. The third-order valence-corrected chi connectivity index (χ3v) is 3.81. The van der Waals surface area contributed by atoms with Gasteiger partial charge >= 0.3 is 5.97 Å². The summed E-state index contributed by atoms with van der Waals surface area (Å²) in [5.74, 6) is -1.84. The molecule has 0 bridgehead atoms. The molecule has 0 atom stereocenters. The van der Waals surface area contributed by atoms with Gasteiger partial charge in [0.1, 0.15) is 12.4 Å². The molecule has 1 N–H and O–H groups in total. The van der Waals surface area contributed by atoms with E-state index in [1.807, 2.05) is 32.0 Å². The van der Waals surface area contributed by atoms with Gasteiger partial charge in [-0.2, -0.15) is 0 Å². The quantitative estimate of drug-likeness (QED) is 0.841. The summed E-state index contributed by atoms with van der Waals surface area (Å²) in [4.78, 5) is 23.5. The van der Waals surface area contributed by atoms with Gasteiger partial charge in [0.15, 0.2) is 0 Å². The second-order valence-electron chi connectivity index (χ2n) is 6.21. The number of amides is 1. The molecule has 25 heavy (non-hydrogen) atoms. The monoisotopic (exact) mass is 343 g/mol. The summed E-state index contributed by atoms with van der Waals surface area (Å²) in [5.41, 5.74) is 3.74. The average molecular weight is 343 g/mol. The number of halogens is 1. The maximum absolute atomic E-state index is 14.3. The number of rotatable bonds is 5. The highest BCUT2D eigenvalue weighted by Crippen LogP contribution is 2.24. The van der Waals surface area contributed by atoms with E-state index in [0.717, 1.165) is 16.7 Å². The van der Waals surface area contributed by atoms with Gasteiger partial charge in [-0.05, 0) is 62.1 Å². The highest BCUT2D eigenvalue weighted by Gasteiger charge is 2.15. The highest BCUT2D eigenvalue weighted by molar-refractivity contribution is 5.96. The van der Waals surface area contributed by atoms with Crippen LogP contribution < -0.4 is 5.32 Å². The van der Waals surface area contributed by atoms with Crippen molar-refractivity contribution in [1.82, 2.24) is 5.32 Å². The standard InChI is InChI=1S/C20H22FNO3/c1-12(2)25-19(23)11-22-20(24)17-8-7-16(10-18(17)21)15-6-5-13(3)14(4)9-15/h5-10,12H,11H2,1-4H3,(H,22,24). The SMILES string of the molecule is Cc1ccc(-c2ccc(C(=O)NCC(=O)OC(C)C)c(F)c2)cc1C. The van der Waals surface area contributed by atoms with E-state index >= 15 is 0 Å². The van der Waals surface area contributed by atoms with Crippen LogP contribution >= 0.6 is 0 Å². The Bertz CT molecular complexity index is 800. The summed E-state index contributed by atoms with van der Waals surface area (Å²) in [5, 5.41) is 2.37. The van der Waals surface area contributed by atoms with Crippen LogP contribution in [-0.2, 0) is 9.53 Å². The molecule has 0 aliphatic rings. The summed E-state index contributed by atoms with van der Waals surface area (Å²) in [6.45, 7) is 7.13. The fraction of sp³-hybridized carbons (Fsp3) is 0.300. The van der Waals surface area contributed by atoms with Crippen molar-refractivity contribution >= 4 is 11.9 Å². The molecule has 0 heterocycles. The number of benzene rings is 2. The molecule has 0 radical (unpaired) electrons. The Morgan fingerprint density at radius 2 is 1.68 bits per heavy atom. The van der Waals surface area contributed by atoms with Crippen LogP contribution in [0.15, 0.2) is 36.4 Å². The van der Waals surface area contributed by atoms with E-state index < -0.39 is 17.7 Å². The van der Waals surface area contributed by atoms with E-state index in [-0.39, 0.29) is 18.2 Å². The fourth-order valence-corrected chi connectivity index (χ4v) is 2.35. The Morgan fingerprint density at radius 1 is 1.04 bits per heavy atom. The van der Waals surface area contributed by atoms with E-state index in [0.29, 0.717) is 5.56 Å². The van der Waals surface area contributed by atoms with E-state index in [1.165, 1.54) is 12.1 Å². The summed E-state index contributed by atoms with van der Waals surface area (Å²) in [7, 11) is 0. The zero-order valence-corrected chi connectivity index (χ0v) is 14.9. The number of hydrogen-bond acceptors (Lipinski definition) is 3. The molecule has 1 amide bonds. The number of aryl methyl sites for hydroxylation is 2. The number of carbonyl (C=O) groups is 2. The van der Waals surface area contributed by atoms with Gasteiger partial charge in [0.2, 0.25) is 0 Å². The van der Waals surface area contributed by atoms with E-state index in [9.17, 15) is 14.0 Å². The lowest BCUT2D eigenvalue weighted by Crippen LogP contribution is -2.32. The molecule has 0 saturated carbocycles. The summed E-state index contributed by atoms with van der Waals surface area (Å²) in [6.07, 6.45) is -0.265. The van der Waals surface area contributed by atoms with Crippen LogP contribution in [-0.4, -0.2) is 24.5 Å². The average Bonchev–Trinajstić information content (AvgIpc) is 2.54. The first kappa shape index (κ1) is 18.6. The predicted molar refractivity (Wildman–Crippen MR) is 94.9 cm³/mol. The first-order chi connectivity index (χ1) is 11.8. The van der Waals surface area contributed by atoms with Gasteiger partial charge < -0.3 is 10.1 Å². The highest BCUT2D eigenvalue weighted by atomic mass is 19.1.